The van der Waals surface area contributed by atoms with Crippen molar-refractivity contribution in [1.29, 1.82) is 0 Å². The van der Waals surface area contributed by atoms with Crippen LogP contribution < -0.4 is 10.8 Å². The summed E-state index contributed by atoms with van der Waals surface area (Å²) in [6.45, 7) is 4.84. The summed E-state index contributed by atoms with van der Waals surface area (Å²) in [5.41, 5.74) is 3.30. The number of carbonyl (C=O) groups is 2. The van der Waals surface area contributed by atoms with Crippen LogP contribution in [0.1, 0.15) is 110 Å². The maximum atomic E-state index is 13.3. The summed E-state index contributed by atoms with van der Waals surface area (Å²) in [6, 6.07) is -1.27. The zero-order valence-corrected chi connectivity index (χ0v) is 28.0. The minimum absolute atomic E-state index is 0.0229. The number of carboxylic acid groups (broad SMARTS) is 1. The van der Waals surface area contributed by atoms with E-state index in [4.69, 9.17) is 10.1 Å². The van der Waals surface area contributed by atoms with Crippen molar-refractivity contribution in [2.45, 2.75) is 134 Å². The van der Waals surface area contributed by atoms with Crippen molar-refractivity contribution in [2.24, 2.45) is 47.3 Å². The van der Waals surface area contributed by atoms with E-state index in [1.165, 1.54) is 0 Å². The molecule has 4 fully saturated rings. The van der Waals surface area contributed by atoms with Crippen molar-refractivity contribution in [2.75, 3.05) is 13.2 Å². The second-order valence-corrected chi connectivity index (χ2v) is 15.0. The topological polar surface area (TPSA) is 203 Å². The Balaban J connectivity index is 1.23. The number of hydrogen-bond acceptors (Lipinski definition) is 10. The standard InChI is InChI=1S/C33H56N4O10/c1-3-22-14-20(5-11-30(22)34-32(38)29-17-27(37(43)44)9-10-28(29)33(39)40)13-21-6-12-31(23(4-2)15-21)35-46-18-25-16-26(36(41)42)8-7-24(25)19-47-45/h20-31,35,45H,3-19H2,1-2H3,(H,34,38)(H,39,40). The molecule has 0 aromatic carbocycles. The molecule has 4 aliphatic rings. The predicted octanol–water partition coefficient (Wildman–Crippen LogP) is 5.10. The van der Waals surface area contributed by atoms with Crippen LogP contribution in [0.25, 0.3) is 0 Å². The second kappa shape index (κ2) is 17.8. The van der Waals surface area contributed by atoms with Crippen LogP contribution in [0.15, 0.2) is 0 Å². The van der Waals surface area contributed by atoms with E-state index in [9.17, 15) is 34.9 Å². The Morgan fingerprint density at radius 3 is 1.91 bits per heavy atom. The molecule has 47 heavy (non-hydrogen) atoms. The van der Waals surface area contributed by atoms with Crippen LogP contribution >= 0.6 is 0 Å². The number of hydroxylamine groups is 1. The summed E-state index contributed by atoms with van der Waals surface area (Å²) in [5, 5.41) is 44.6. The van der Waals surface area contributed by atoms with Gasteiger partial charge < -0.3 is 15.3 Å². The van der Waals surface area contributed by atoms with Crippen LogP contribution in [0.2, 0.25) is 0 Å². The average Bonchev–Trinajstić information content (AvgIpc) is 3.06. The summed E-state index contributed by atoms with van der Waals surface area (Å²) < 4.78 is 0. The lowest BCUT2D eigenvalue weighted by atomic mass is 9.69. The molecule has 4 aliphatic carbocycles. The Morgan fingerprint density at radius 1 is 0.723 bits per heavy atom. The molecule has 0 aliphatic heterocycles. The molecule has 1 amide bonds. The highest BCUT2D eigenvalue weighted by atomic mass is 17.1. The van der Waals surface area contributed by atoms with E-state index in [1.54, 1.807) is 0 Å². The van der Waals surface area contributed by atoms with Gasteiger partial charge in [0.25, 0.3) is 0 Å². The summed E-state index contributed by atoms with van der Waals surface area (Å²) >= 11 is 0. The lowest BCUT2D eigenvalue weighted by molar-refractivity contribution is -0.529. The van der Waals surface area contributed by atoms with Gasteiger partial charge in [-0.2, -0.15) is 5.48 Å². The van der Waals surface area contributed by atoms with Crippen LogP contribution in [-0.4, -0.2) is 69.5 Å². The fourth-order valence-electron chi connectivity index (χ4n) is 9.36. The van der Waals surface area contributed by atoms with Gasteiger partial charge in [-0.3, -0.25) is 35.1 Å². The van der Waals surface area contributed by atoms with E-state index in [2.05, 4.69) is 29.5 Å². The molecule has 4 saturated carbocycles. The number of nitro groups is 2. The van der Waals surface area contributed by atoms with E-state index in [0.717, 1.165) is 57.8 Å². The number of amides is 1. The van der Waals surface area contributed by atoms with Gasteiger partial charge in [-0.1, -0.05) is 26.7 Å². The highest BCUT2D eigenvalue weighted by Crippen LogP contribution is 2.41. The fraction of sp³-hybridized carbons (Fsp3) is 0.939. The van der Waals surface area contributed by atoms with E-state index < -0.39 is 29.9 Å². The normalized spacial score (nSPS) is 37.9. The number of aliphatic carboxylic acids is 1. The van der Waals surface area contributed by atoms with Gasteiger partial charge in [0.1, 0.15) is 0 Å². The Morgan fingerprint density at radius 2 is 1.32 bits per heavy atom. The zero-order chi connectivity index (χ0) is 34.1. The predicted molar refractivity (Wildman–Crippen MR) is 171 cm³/mol. The average molecular weight is 669 g/mol. The monoisotopic (exact) mass is 668 g/mol. The van der Waals surface area contributed by atoms with Crippen LogP contribution in [-0.2, 0) is 19.3 Å². The molecule has 4 rings (SSSR count). The first-order chi connectivity index (χ1) is 22.5. The third kappa shape index (κ3) is 10.1. The molecule has 0 aromatic heterocycles. The molecular weight excluding hydrogens is 612 g/mol. The molecule has 14 nitrogen and oxygen atoms in total. The van der Waals surface area contributed by atoms with Gasteiger partial charge in [-0.05, 0) is 93.3 Å². The van der Waals surface area contributed by atoms with Gasteiger partial charge in [-0.25, -0.2) is 4.89 Å². The smallest absolute Gasteiger partial charge is 0.307 e. The maximum absolute atomic E-state index is 13.3. The van der Waals surface area contributed by atoms with Crippen LogP contribution in [0.3, 0.4) is 0 Å². The molecular formula is C33H56N4O10. The summed E-state index contributed by atoms with van der Waals surface area (Å²) in [7, 11) is 0. The Kier molecular flexibility index (Phi) is 14.2. The van der Waals surface area contributed by atoms with Crippen molar-refractivity contribution >= 4 is 11.9 Å². The molecule has 0 heterocycles. The Hall–Kier alpha value is -2.42. The highest BCUT2D eigenvalue weighted by molar-refractivity contribution is 5.85. The molecule has 14 heteroatoms. The molecule has 0 saturated heterocycles. The maximum Gasteiger partial charge on any atom is 0.307 e. The fourth-order valence-corrected chi connectivity index (χ4v) is 9.36. The number of nitrogens with zero attached hydrogens (tertiary/aromatic N) is 2. The van der Waals surface area contributed by atoms with E-state index in [1.807, 2.05) is 0 Å². The van der Waals surface area contributed by atoms with Crippen molar-refractivity contribution in [3.8, 4) is 0 Å². The van der Waals surface area contributed by atoms with E-state index in [0.29, 0.717) is 49.5 Å². The van der Waals surface area contributed by atoms with E-state index in [-0.39, 0.29) is 65.5 Å². The SMILES string of the molecule is CCC1CC(CC2CCC(NC(=O)C3CC([N+](=O)[O-])CCC3C(=O)O)C(CC)C2)CCC1NOCC1CC([N+](=O)[O-])CCC1COO. The molecule has 0 aromatic rings. The van der Waals surface area contributed by atoms with Gasteiger partial charge in [0.15, 0.2) is 0 Å². The Bertz CT molecular complexity index is 1060. The van der Waals surface area contributed by atoms with Crippen LogP contribution in [0, 0.1) is 67.6 Å². The van der Waals surface area contributed by atoms with Crippen molar-refractivity contribution < 1.29 is 39.5 Å². The van der Waals surface area contributed by atoms with Gasteiger partial charge in [0.05, 0.1) is 25.0 Å². The van der Waals surface area contributed by atoms with Gasteiger partial charge in [-0.15, -0.1) is 0 Å². The second-order valence-electron chi connectivity index (χ2n) is 15.0. The molecule has 268 valence electrons. The van der Waals surface area contributed by atoms with E-state index >= 15 is 0 Å². The van der Waals surface area contributed by atoms with Crippen LogP contribution in [0.4, 0.5) is 0 Å². The Labute approximate surface area is 277 Å². The number of carbonyl (C=O) groups excluding carboxylic acids is 1. The number of carboxylic acids is 1. The van der Waals surface area contributed by atoms with Gasteiger partial charge in [0, 0.05) is 47.6 Å². The third-order valence-corrected chi connectivity index (χ3v) is 12.2. The highest BCUT2D eigenvalue weighted by Gasteiger charge is 2.45. The minimum atomic E-state index is -1.05. The number of nitrogens with one attached hydrogen (secondary N) is 2. The van der Waals surface area contributed by atoms with Crippen LogP contribution in [0.5, 0.6) is 0 Å². The lowest BCUT2D eigenvalue weighted by Gasteiger charge is -2.41. The first-order valence-electron chi connectivity index (χ1n) is 18.0. The molecule has 12 atom stereocenters. The first-order valence-corrected chi connectivity index (χ1v) is 18.0. The lowest BCUT2D eigenvalue weighted by Crippen LogP contribution is -2.50. The van der Waals surface area contributed by atoms with Crippen molar-refractivity contribution in [3.05, 3.63) is 20.2 Å². The quantitative estimate of drug-likeness (QED) is 0.103. The van der Waals surface area contributed by atoms with Crippen molar-refractivity contribution in [1.82, 2.24) is 10.8 Å². The number of hydrogen-bond donors (Lipinski definition) is 4. The molecule has 4 N–H and O–H groups in total. The number of rotatable bonds is 15. The van der Waals surface area contributed by atoms with Gasteiger partial charge >= 0.3 is 5.97 Å². The van der Waals surface area contributed by atoms with Gasteiger partial charge in [0.2, 0.25) is 18.0 Å². The third-order valence-electron chi connectivity index (χ3n) is 12.2. The first kappa shape index (κ1) is 37.4. The summed E-state index contributed by atoms with van der Waals surface area (Å²) in [5.74, 6) is -1.26. The zero-order valence-electron chi connectivity index (χ0n) is 28.0. The molecule has 0 bridgehead atoms. The molecule has 0 radical (unpaired) electrons. The molecule has 0 spiro atoms. The van der Waals surface area contributed by atoms with Crippen molar-refractivity contribution in [3.63, 3.8) is 0 Å². The minimum Gasteiger partial charge on any atom is -0.481 e. The summed E-state index contributed by atoms with van der Waals surface area (Å²) in [4.78, 5) is 57.7. The molecule has 12 unspecified atom stereocenters. The summed E-state index contributed by atoms with van der Waals surface area (Å²) in [6.07, 6.45) is 11.0. The largest absolute Gasteiger partial charge is 0.481 e.